The second kappa shape index (κ2) is 8.41. The van der Waals surface area contributed by atoms with Crippen LogP contribution in [0.2, 0.25) is 0 Å². The molecule has 3 heterocycles. The van der Waals surface area contributed by atoms with Gasteiger partial charge in [-0.2, -0.15) is 13.9 Å². The van der Waals surface area contributed by atoms with Crippen molar-refractivity contribution in [3.05, 3.63) is 72.2 Å². The first kappa shape index (κ1) is 20.2. The zero-order chi connectivity index (χ0) is 22.1. The Balaban J connectivity index is 1.37. The van der Waals surface area contributed by atoms with Crippen LogP contribution in [0.5, 0.6) is 5.75 Å². The van der Waals surface area contributed by atoms with Crippen LogP contribution in [0.3, 0.4) is 0 Å². The van der Waals surface area contributed by atoms with E-state index in [0.29, 0.717) is 17.8 Å². The Morgan fingerprint density at radius 3 is 3.03 bits per heavy atom. The van der Waals surface area contributed by atoms with Crippen LogP contribution in [-0.2, 0) is 11.3 Å². The highest BCUT2D eigenvalue weighted by molar-refractivity contribution is 5.81. The van der Waals surface area contributed by atoms with Crippen molar-refractivity contribution >= 4 is 22.6 Å². The van der Waals surface area contributed by atoms with E-state index < -0.39 is 6.61 Å². The SMILES string of the molecule is O=C1CCC2C=C(Nc3cc4c(cn3)cnn4Cc3ccccc3OC(F)F)C=CC2N1. The lowest BCUT2D eigenvalue weighted by atomic mass is 9.86. The third kappa shape index (κ3) is 4.18. The first-order valence-corrected chi connectivity index (χ1v) is 10.4. The highest BCUT2D eigenvalue weighted by atomic mass is 19.3. The van der Waals surface area contributed by atoms with E-state index in [9.17, 15) is 13.6 Å². The number of piperidine rings is 1. The second-order valence-electron chi connectivity index (χ2n) is 7.82. The Morgan fingerprint density at radius 2 is 2.16 bits per heavy atom. The Morgan fingerprint density at radius 1 is 1.28 bits per heavy atom. The van der Waals surface area contributed by atoms with E-state index in [2.05, 4.69) is 31.5 Å². The maximum absolute atomic E-state index is 12.7. The molecule has 164 valence electrons. The van der Waals surface area contributed by atoms with Gasteiger partial charge in [-0.15, -0.1) is 0 Å². The highest BCUT2D eigenvalue weighted by Gasteiger charge is 2.27. The van der Waals surface area contributed by atoms with Gasteiger partial charge in [0.15, 0.2) is 0 Å². The number of pyridine rings is 1. The normalized spacial score (nSPS) is 20.1. The lowest BCUT2D eigenvalue weighted by molar-refractivity contribution is -0.123. The molecule has 5 rings (SSSR count). The van der Waals surface area contributed by atoms with Crippen molar-refractivity contribution < 1.29 is 18.3 Å². The molecule has 2 N–H and O–H groups in total. The Kier molecular flexibility index (Phi) is 5.30. The zero-order valence-electron chi connectivity index (χ0n) is 17.0. The van der Waals surface area contributed by atoms with Gasteiger partial charge in [-0.05, 0) is 18.6 Å². The first-order valence-electron chi connectivity index (χ1n) is 10.4. The van der Waals surface area contributed by atoms with E-state index >= 15 is 0 Å². The second-order valence-corrected chi connectivity index (χ2v) is 7.82. The molecular formula is C23H21F2N5O2. The van der Waals surface area contributed by atoms with Gasteiger partial charge < -0.3 is 15.4 Å². The molecule has 32 heavy (non-hydrogen) atoms. The smallest absolute Gasteiger partial charge is 0.387 e. The maximum Gasteiger partial charge on any atom is 0.387 e. The fraction of sp³-hybridized carbons (Fsp3) is 0.261. The molecule has 2 aliphatic rings. The standard InChI is InChI=1S/C23H21F2N5O2/c24-23(25)32-20-4-2-1-3-15(20)13-30-19-10-21(26-11-16(19)12-27-30)28-17-6-7-18-14(9-17)5-8-22(31)29-18/h1-4,6-7,9-12,14,18,23H,5,8,13H2,(H,26,28)(H,29,31). The molecule has 9 heteroatoms. The van der Waals surface area contributed by atoms with Crippen LogP contribution in [0.1, 0.15) is 18.4 Å². The van der Waals surface area contributed by atoms with E-state index in [1.165, 1.54) is 6.07 Å². The predicted octanol–water partition coefficient (Wildman–Crippen LogP) is 3.84. The average molecular weight is 437 g/mol. The number of benzene rings is 1. The molecule has 0 spiro atoms. The van der Waals surface area contributed by atoms with Gasteiger partial charge in [-0.3, -0.25) is 9.48 Å². The summed E-state index contributed by atoms with van der Waals surface area (Å²) in [6, 6.07) is 8.60. The number of halogens is 2. The van der Waals surface area contributed by atoms with Gasteiger partial charge in [-0.25, -0.2) is 4.98 Å². The topological polar surface area (TPSA) is 81.1 Å². The molecule has 1 fully saturated rings. The van der Waals surface area contributed by atoms with Gasteiger partial charge in [0.2, 0.25) is 5.91 Å². The summed E-state index contributed by atoms with van der Waals surface area (Å²) in [6.07, 6.45) is 10.8. The van der Waals surface area contributed by atoms with Gasteiger partial charge in [0.05, 0.1) is 24.3 Å². The molecule has 7 nitrogen and oxygen atoms in total. The summed E-state index contributed by atoms with van der Waals surface area (Å²) in [6.45, 7) is -2.61. The Labute approximate surface area is 182 Å². The molecule has 1 aliphatic carbocycles. The quantitative estimate of drug-likeness (QED) is 0.613. The number of nitrogens with zero attached hydrogens (tertiary/aromatic N) is 3. The van der Waals surface area contributed by atoms with Crippen molar-refractivity contribution in [3.63, 3.8) is 0 Å². The van der Waals surface area contributed by atoms with Crippen LogP contribution >= 0.6 is 0 Å². The summed E-state index contributed by atoms with van der Waals surface area (Å²) in [7, 11) is 0. The van der Waals surface area contributed by atoms with Crippen molar-refractivity contribution in [3.8, 4) is 5.75 Å². The zero-order valence-corrected chi connectivity index (χ0v) is 17.0. The van der Waals surface area contributed by atoms with E-state index in [4.69, 9.17) is 0 Å². The number of para-hydroxylation sites is 1. The number of amides is 1. The van der Waals surface area contributed by atoms with Crippen molar-refractivity contribution in [2.24, 2.45) is 5.92 Å². The summed E-state index contributed by atoms with van der Waals surface area (Å²) >= 11 is 0. The van der Waals surface area contributed by atoms with Crippen molar-refractivity contribution in [1.82, 2.24) is 20.1 Å². The summed E-state index contributed by atoms with van der Waals surface area (Å²) in [4.78, 5) is 16.0. The van der Waals surface area contributed by atoms with Crippen LogP contribution in [0.15, 0.2) is 66.7 Å². The van der Waals surface area contributed by atoms with Crippen LogP contribution in [-0.4, -0.2) is 33.3 Å². The van der Waals surface area contributed by atoms with E-state index in [1.807, 2.05) is 18.2 Å². The Hall–Kier alpha value is -3.75. The molecule has 1 aliphatic heterocycles. The number of hydrogen-bond acceptors (Lipinski definition) is 5. The minimum absolute atomic E-state index is 0.0363. The maximum atomic E-state index is 12.7. The number of carbonyl (C=O) groups is 1. The molecule has 2 aromatic heterocycles. The third-order valence-electron chi connectivity index (χ3n) is 5.68. The van der Waals surface area contributed by atoms with Crippen molar-refractivity contribution in [2.75, 3.05) is 5.32 Å². The predicted molar refractivity (Wildman–Crippen MR) is 115 cm³/mol. The van der Waals surface area contributed by atoms with Crippen LogP contribution in [0, 0.1) is 5.92 Å². The average Bonchev–Trinajstić information content (AvgIpc) is 3.17. The summed E-state index contributed by atoms with van der Waals surface area (Å²) in [5.74, 6) is 1.11. The van der Waals surface area contributed by atoms with Gasteiger partial charge in [-0.1, -0.05) is 30.4 Å². The third-order valence-corrected chi connectivity index (χ3v) is 5.68. The molecule has 2 unspecified atom stereocenters. The number of anilines is 1. The van der Waals surface area contributed by atoms with Crippen LogP contribution < -0.4 is 15.4 Å². The number of aromatic nitrogens is 3. The molecule has 3 aromatic rings. The van der Waals surface area contributed by atoms with E-state index in [1.54, 1.807) is 35.3 Å². The summed E-state index contributed by atoms with van der Waals surface area (Å²) < 4.78 is 31.8. The first-order chi connectivity index (χ1) is 15.5. The number of nitrogens with one attached hydrogen (secondary N) is 2. The number of allylic oxidation sites excluding steroid dienone is 1. The van der Waals surface area contributed by atoms with Gasteiger partial charge >= 0.3 is 6.61 Å². The minimum Gasteiger partial charge on any atom is -0.434 e. The summed E-state index contributed by atoms with van der Waals surface area (Å²) in [5.41, 5.74) is 2.33. The molecule has 2 atom stereocenters. The number of carbonyl (C=O) groups excluding carboxylic acids is 1. The monoisotopic (exact) mass is 437 g/mol. The van der Waals surface area contributed by atoms with Crippen LogP contribution in [0.4, 0.5) is 14.6 Å². The van der Waals surface area contributed by atoms with Crippen molar-refractivity contribution in [1.29, 1.82) is 0 Å². The van der Waals surface area contributed by atoms with E-state index in [0.717, 1.165) is 23.0 Å². The molecule has 1 amide bonds. The molecule has 1 saturated heterocycles. The highest BCUT2D eigenvalue weighted by Crippen LogP contribution is 2.27. The molecular weight excluding hydrogens is 416 g/mol. The lowest BCUT2D eigenvalue weighted by Gasteiger charge is -2.31. The lowest BCUT2D eigenvalue weighted by Crippen LogP contribution is -2.44. The number of fused-ring (bicyclic) bond motifs is 2. The van der Waals surface area contributed by atoms with Crippen LogP contribution in [0.25, 0.3) is 10.9 Å². The van der Waals surface area contributed by atoms with Crippen molar-refractivity contribution in [2.45, 2.75) is 32.0 Å². The van der Waals surface area contributed by atoms with Gasteiger partial charge in [0.1, 0.15) is 11.6 Å². The largest absolute Gasteiger partial charge is 0.434 e. The summed E-state index contributed by atoms with van der Waals surface area (Å²) in [5, 5.41) is 11.5. The fourth-order valence-corrected chi connectivity index (χ4v) is 4.12. The molecule has 0 saturated carbocycles. The number of ether oxygens (including phenoxy) is 1. The minimum atomic E-state index is -2.89. The Bertz CT molecular complexity index is 1220. The number of rotatable bonds is 6. The van der Waals surface area contributed by atoms with Gasteiger partial charge in [0.25, 0.3) is 0 Å². The fourth-order valence-electron chi connectivity index (χ4n) is 4.12. The van der Waals surface area contributed by atoms with Gasteiger partial charge in [0, 0.05) is 41.2 Å². The molecule has 1 aromatic carbocycles. The molecule has 0 radical (unpaired) electrons. The number of hydrogen-bond donors (Lipinski definition) is 2. The number of alkyl halides is 2. The van der Waals surface area contributed by atoms with E-state index in [-0.39, 0.29) is 30.2 Å². The molecule has 0 bridgehead atoms.